The van der Waals surface area contributed by atoms with E-state index in [-0.39, 0.29) is 11.2 Å². The Bertz CT molecular complexity index is 652. The van der Waals surface area contributed by atoms with Crippen LogP contribution in [-0.2, 0) is 6.54 Å². The molecule has 0 aliphatic carbocycles. The van der Waals surface area contributed by atoms with E-state index in [1.165, 1.54) is 0 Å². The van der Waals surface area contributed by atoms with Crippen molar-refractivity contribution in [2.24, 2.45) is 10.8 Å². The Morgan fingerprint density at radius 3 is 3.00 bits per heavy atom. The molecule has 0 radical (unpaired) electrons. The number of nitrogens with zero attached hydrogens (tertiary/aromatic N) is 3. The molecule has 0 saturated carbocycles. The molecule has 0 bridgehead atoms. The Kier molecular flexibility index (Phi) is 5.48. The summed E-state index contributed by atoms with van der Waals surface area (Å²) in [5, 5.41) is 8.33. The molecule has 0 amide bonds. The lowest BCUT2D eigenvalue weighted by Gasteiger charge is -2.15. The summed E-state index contributed by atoms with van der Waals surface area (Å²) in [6.45, 7) is 4.62. The maximum atomic E-state index is 5.85. The highest BCUT2D eigenvalue weighted by Crippen LogP contribution is 2.22. The zero-order chi connectivity index (χ0) is 15.9. The fourth-order valence-corrected chi connectivity index (χ4v) is 1.96. The van der Waals surface area contributed by atoms with E-state index >= 15 is 0 Å². The van der Waals surface area contributed by atoms with Gasteiger partial charge in [-0.3, -0.25) is 10.1 Å². The Morgan fingerprint density at radius 2 is 2.36 bits per heavy atom. The maximum absolute atomic E-state index is 5.85. The van der Waals surface area contributed by atoms with E-state index in [2.05, 4.69) is 15.6 Å². The summed E-state index contributed by atoms with van der Waals surface area (Å²) in [7, 11) is 0. The zero-order valence-corrected chi connectivity index (χ0v) is 13.4. The number of ether oxygens (including phenoxy) is 1. The number of nitrogens with one attached hydrogen (secondary N) is 1. The minimum atomic E-state index is 0.104. The van der Waals surface area contributed by atoms with Crippen LogP contribution in [0.4, 0.5) is 0 Å². The molecule has 0 spiro atoms. The largest absolute Gasteiger partial charge is 0.491 e. The summed E-state index contributed by atoms with van der Waals surface area (Å²) in [6.07, 6.45) is 5.42. The van der Waals surface area contributed by atoms with Gasteiger partial charge >= 0.3 is 0 Å². The molecule has 0 atom stereocenters. The SMILES string of the molecule is CC(C)Oc1ccc(C=NNC(N)=S)cc1Cn1cccn1. The predicted octanol–water partition coefficient (Wildman–Crippen LogP) is 1.89. The highest BCUT2D eigenvalue weighted by Gasteiger charge is 2.08. The van der Waals surface area contributed by atoms with E-state index in [1.807, 2.05) is 49.0 Å². The number of hydrogen-bond donors (Lipinski definition) is 2. The third-order valence-electron chi connectivity index (χ3n) is 2.73. The lowest BCUT2D eigenvalue weighted by molar-refractivity contribution is 0.239. The average molecular weight is 317 g/mol. The minimum absolute atomic E-state index is 0.104. The molecule has 1 heterocycles. The van der Waals surface area contributed by atoms with Crippen LogP contribution >= 0.6 is 12.2 Å². The third-order valence-corrected chi connectivity index (χ3v) is 2.82. The van der Waals surface area contributed by atoms with Crippen molar-refractivity contribution in [2.75, 3.05) is 0 Å². The second kappa shape index (κ2) is 7.56. The molecule has 7 heteroatoms. The fraction of sp³-hybridized carbons (Fsp3) is 0.267. The molecule has 0 saturated heterocycles. The average Bonchev–Trinajstić information content (AvgIpc) is 2.93. The minimum Gasteiger partial charge on any atom is -0.491 e. The van der Waals surface area contributed by atoms with Crippen molar-refractivity contribution in [1.82, 2.24) is 15.2 Å². The monoisotopic (exact) mass is 317 g/mol. The third kappa shape index (κ3) is 4.85. The summed E-state index contributed by atoms with van der Waals surface area (Å²) in [6, 6.07) is 7.75. The molecule has 2 rings (SSSR count). The van der Waals surface area contributed by atoms with Gasteiger partial charge in [0.05, 0.1) is 18.9 Å². The summed E-state index contributed by atoms with van der Waals surface area (Å²) in [4.78, 5) is 0. The van der Waals surface area contributed by atoms with Crippen LogP contribution < -0.4 is 15.9 Å². The van der Waals surface area contributed by atoms with Crippen molar-refractivity contribution in [3.63, 3.8) is 0 Å². The molecule has 6 nitrogen and oxygen atoms in total. The Balaban J connectivity index is 2.23. The number of thiocarbonyl (C=S) groups is 1. The van der Waals surface area contributed by atoms with E-state index in [9.17, 15) is 0 Å². The first-order chi connectivity index (χ1) is 10.5. The van der Waals surface area contributed by atoms with E-state index in [0.29, 0.717) is 6.54 Å². The van der Waals surface area contributed by atoms with E-state index < -0.39 is 0 Å². The van der Waals surface area contributed by atoms with Gasteiger partial charge in [0.1, 0.15) is 5.75 Å². The molecule has 0 fully saturated rings. The highest BCUT2D eigenvalue weighted by molar-refractivity contribution is 7.80. The van der Waals surface area contributed by atoms with Crippen molar-refractivity contribution in [1.29, 1.82) is 0 Å². The van der Waals surface area contributed by atoms with Gasteiger partial charge < -0.3 is 10.5 Å². The van der Waals surface area contributed by atoms with Crippen LogP contribution in [0.2, 0.25) is 0 Å². The normalized spacial score (nSPS) is 11.0. The van der Waals surface area contributed by atoms with E-state index in [4.69, 9.17) is 22.7 Å². The van der Waals surface area contributed by atoms with Crippen LogP contribution in [-0.4, -0.2) is 27.2 Å². The van der Waals surface area contributed by atoms with Crippen molar-refractivity contribution in [3.05, 3.63) is 47.8 Å². The molecule has 0 aliphatic rings. The van der Waals surface area contributed by atoms with Gasteiger partial charge in [-0.2, -0.15) is 10.2 Å². The Morgan fingerprint density at radius 1 is 1.55 bits per heavy atom. The van der Waals surface area contributed by atoms with Gasteiger partial charge in [0.25, 0.3) is 0 Å². The predicted molar refractivity (Wildman–Crippen MR) is 91.1 cm³/mol. The van der Waals surface area contributed by atoms with Gasteiger partial charge in [-0.15, -0.1) is 0 Å². The number of nitrogens with two attached hydrogens (primary N) is 1. The van der Waals surface area contributed by atoms with Crippen LogP contribution in [0.3, 0.4) is 0 Å². The summed E-state index contributed by atoms with van der Waals surface area (Å²) < 4.78 is 7.69. The lowest BCUT2D eigenvalue weighted by atomic mass is 10.1. The molecule has 3 N–H and O–H groups in total. The quantitative estimate of drug-likeness (QED) is 0.483. The van der Waals surface area contributed by atoms with Gasteiger partial charge in [-0.1, -0.05) is 0 Å². The standard InChI is InChI=1S/C15H19N5OS/c1-11(2)21-14-5-4-12(9-17-19-15(16)22)8-13(14)10-20-7-3-6-18-20/h3-9,11H,10H2,1-2H3,(H3,16,19,22). The van der Waals surface area contributed by atoms with Gasteiger partial charge in [0.2, 0.25) is 0 Å². The van der Waals surface area contributed by atoms with Crippen LogP contribution in [0.5, 0.6) is 5.75 Å². The van der Waals surface area contributed by atoms with Gasteiger partial charge in [-0.25, -0.2) is 0 Å². The topological polar surface area (TPSA) is 77.5 Å². The highest BCUT2D eigenvalue weighted by atomic mass is 32.1. The molecule has 22 heavy (non-hydrogen) atoms. The number of aromatic nitrogens is 2. The number of hydrazone groups is 1. The molecule has 2 aromatic rings. The second-order valence-corrected chi connectivity index (χ2v) is 5.41. The summed E-state index contributed by atoms with van der Waals surface area (Å²) >= 11 is 4.70. The zero-order valence-electron chi connectivity index (χ0n) is 12.6. The second-order valence-electron chi connectivity index (χ2n) is 4.97. The first-order valence-electron chi connectivity index (χ1n) is 6.90. The molecule has 0 aliphatic heterocycles. The number of benzene rings is 1. The maximum Gasteiger partial charge on any atom is 0.184 e. The van der Waals surface area contributed by atoms with Crippen LogP contribution in [0.15, 0.2) is 41.8 Å². The molecule has 116 valence electrons. The summed E-state index contributed by atoms with van der Waals surface area (Å²) in [5.74, 6) is 0.838. The molecular weight excluding hydrogens is 298 g/mol. The molecule has 1 aromatic heterocycles. The lowest BCUT2D eigenvalue weighted by Crippen LogP contribution is -2.24. The number of rotatable bonds is 6. The fourth-order valence-electron chi connectivity index (χ4n) is 1.91. The molecule has 0 unspecified atom stereocenters. The van der Waals surface area contributed by atoms with Gasteiger partial charge in [0, 0.05) is 18.0 Å². The van der Waals surface area contributed by atoms with Crippen LogP contribution in [0.25, 0.3) is 0 Å². The van der Waals surface area contributed by atoms with Gasteiger partial charge in [0.15, 0.2) is 5.11 Å². The van der Waals surface area contributed by atoms with Crippen LogP contribution in [0.1, 0.15) is 25.0 Å². The van der Waals surface area contributed by atoms with Crippen molar-refractivity contribution >= 4 is 23.5 Å². The van der Waals surface area contributed by atoms with Gasteiger partial charge in [-0.05, 0) is 55.9 Å². The smallest absolute Gasteiger partial charge is 0.184 e. The Hall–Kier alpha value is -2.41. The first-order valence-corrected chi connectivity index (χ1v) is 7.31. The summed E-state index contributed by atoms with van der Waals surface area (Å²) in [5.41, 5.74) is 9.81. The number of hydrogen-bond acceptors (Lipinski definition) is 4. The Labute approximate surface area is 135 Å². The van der Waals surface area contributed by atoms with Crippen molar-refractivity contribution in [2.45, 2.75) is 26.5 Å². The van der Waals surface area contributed by atoms with Crippen LogP contribution in [0, 0.1) is 0 Å². The molecular formula is C15H19N5OS. The van der Waals surface area contributed by atoms with E-state index in [0.717, 1.165) is 16.9 Å². The van der Waals surface area contributed by atoms with Crippen molar-refractivity contribution in [3.8, 4) is 5.75 Å². The first kappa shape index (κ1) is 16.0. The molecule has 1 aromatic carbocycles. The van der Waals surface area contributed by atoms with Crippen molar-refractivity contribution < 1.29 is 4.74 Å². The van der Waals surface area contributed by atoms with E-state index in [1.54, 1.807) is 12.4 Å².